The van der Waals surface area contributed by atoms with E-state index in [0.29, 0.717) is 28.6 Å². The molecule has 0 aliphatic rings. The molecular weight excluding hydrogens is 378 g/mol. The molecule has 1 amide bonds. The number of benzene rings is 2. The third kappa shape index (κ3) is 3.79. The molecule has 2 aromatic carbocycles. The van der Waals surface area contributed by atoms with Crippen LogP contribution in [0.3, 0.4) is 0 Å². The second-order valence-corrected chi connectivity index (χ2v) is 6.68. The summed E-state index contributed by atoms with van der Waals surface area (Å²) in [7, 11) is 0. The van der Waals surface area contributed by atoms with Gasteiger partial charge in [0.25, 0.3) is 5.56 Å². The van der Waals surface area contributed by atoms with E-state index in [9.17, 15) is 9.59 Å². The van der Waals surface area contributed by atoms with Crippen LogP contribution < -0.4 is 10.9 Å². The molecule has 7 nitrogen and oxygen atoms in total. The smallest absolute Gasteiger partial charge is 0.290 e. The van der Waals surface area contributed by atoms with Crippen molar-refractivity contribution in [1.82, 2.24) is 25.1 Å². The zero-order chi connectivity index (χ0) is 19.5. The first-order chi connectivity index (χ1) is 13.6. The summed E-state index contributed by atoms with van der Waals surface area (Å²) in [6.07, 6.45) is -0.0241. The summed E-state index contributed by atoms with van der Waals surface area (Å²) in [5.74, 6) is 0.109. The van der Waals surface area contributed by atoms with Gasteiger partial charge in [-0.1, -0.05) is 54.1 Å². The van der Waals surface area contributed by atoms with Gasteiger partial charge in [0.15, 0.2) is 5.82 Å². The quantitative estimate of drug-likeness (QED) is 0.545. The number of aromatic nitrogens is 4. The number of fused-ring (bicyclic) bond motifs is 1. The van der Waals surface area contributed by atoms with Crippen LogP contribution in [0, 0.1) is 0 Å². The van der Waals surface area contributed by atoms with Crippen molar-refractivity contribution in [3.63, 3.8) is 0 Å². The van der Waals surface area contributed by atoms with Crippen LogP contribution in [-0.2, 0) is 17.8 Å². The van der Waals surface area contributed by atoms with Crippen LogP contribution in [0.2, 0.25) is 5.02 Å². The van der Waals surface area contributed by atoms with Crippen molar-refractivity contribution in [2.24, 2.45) is 0 Å². The van der Waals surface area contributed by atoms with Crippen molar-refractivity contribution in [1.29, 1.82) is 0 Å². The molecule has 0 saturated carbocycles. The maximum Gasteiger partial charge on any atom is 0.290 e. The fraction of sp³-hybridized carbons (Fsp3) is 0.100. The van der Waals surface area contributed by atoms with E-state index in [1.54, 1.807) is 18.2 Å². The molecule has 0 aliphatic carbocycles. The molecule has 0 fully saturated rings. The maximum atomic E-state index is 12.4. The lowest BCUT2D eigenvalue weighted by Crippen LogP contribution is -2.27. The van der Waals surface area contributed by atoms with Gasteiger partial charge in [0, 0.05) is 17.1 Å². The number of carbonyl (C=O) groups is 1. The van der Waals surface area contributed by atoms with E-state index in [-0.39, 0.29) is 17.9 Å². The average Bonchev–Trinajstić information content (AvgIpc) is 3.16. The Morgan fingerprint density at radius 3 is 2.71 bits per heavy atom. The monoisotopic (exact) mass is 393 g/mol. The van der Waals surface area contributed by atoms with Crippen LogP contribution in [0.5, 0.6) is 0 Å². The predicted octanol–water partition coefficient (Wildman–Crippen LogP) is 2.60. The number of nitrogens with zero attached hydrogens (tertiary/aromatic N) is 3. The molecule has 2 heterocycles. The van der Waals surface area contributed by atoms with E-state index in [0.717, 1.165) is 11.1 Å². The van der Waals surface area contributed by atoms with E-state index in [4.69, 9.17) is 11.6 Å². The standard InChI is InChI=1S/C20H16ClN5O2/c21-15-8-4-5-13(9-15)12-22-19(27)11-18-23-24-20(28)17-10-16(25-26(17)18)14-6-2-1-3-7-14/h1-10H,11-12H2,(H,22,27)(H,24,28). The van der Waals surface area contributed by atoms with Crippen LogP contribution in [-0.4, -0.2) is 25.7 Å². The lowest BCUT2D eigenvalue weighted by Gasteiger charge is -2.06. The van der Waals surface area contributed by atoms with Crippen molar-refractivity contribution in [2.75, 3.05) is 0 Å². The van der Waals surface area contributed by atoms with Gasteiger partial charge in [-0.25, -0.2) is 9.61 Å². The Kier molecular flexibility index (Phi) is 4.90. The van der Waals surface area contributed by atoms with Crippen molar-refractivity contribution < 1.29 is 4.79 Å². The summed E-state index contributed by atoms with van der Waals surface area (Å²) < 4.78 is 1.42. The number of hydrogen-bond donors (Lipinski definition) is 2. The fourth-order valence-corrected chi connectivity index (χ4v) is 3.09. The van der Waals surface area contributed by atoms with Crippen molar-refractivity contribution in [3.8, 4) is 11.3 Å². The van der Waals surface area contributed by atoms with Crippen molar-refractivity contribution >= 4 is 23.0 Å². The van der Waals surface area contributed by atoms with E-state index in [2.05, 4.69) is 20.6 Å². The molecular formula is C20H16ClN5O2. The van der Waals surface area contributed by atoms with Crippen LogP contribution >= 0.6 is 11.6 Å². The summed E-state index contributed by atoms with van der Waals surface area (Å²) in [5.41, 5.74) is 2.39. The first-order valence-corrected chi connectivity index (χ1v) is 9.02. The lowest BCUT2D eigenvalue weighted by molar-refractivity contribution is -0.120. The zero-order valence-electron chi connectivity index (χ0n) is 14.7. The van der Waals surface area contributed by atoms with Gasteiger partial charge in [0.2, 0.25) is 5.91 Å². The zero-order valence-corrected chi connectivity index (χ0v) is 15.5. The van der Waals surface area contributed by atoms with Gasteiger partial charge < -0.3 is 5.32 Å². The number of hydrogen-bond acceptors (Lipinski definition) is 4. The van der Waals surface area contributed by atoms with Crippen molar-refractivity contribution in [3.05, 3.63) is 87.4 Å². The van der Waals surface area contributed by atoms with Crippen LogP contribution in [0.15, 0.2) is 65.5 Å². The highest BCUT2D eigenvalue weighted by molar-refractivity contribution is 6.30. The number of carbonyl (C=O) groups excluding carboxylic acids is 1. The Morgan fingerprint density at radius 1 is 1.11 bits per heavy atom. The number of aromatic amines is 1. The average molecular weight is 394 g/mol. The van der Waals surface area contributed by atoms with Gasteiger partial charge in [-0.3, -0.25) is 9.59 Å². The molecule has 4 rings (SSSR count). The molecule has 0 saturated heterocycles. The molecule has 2 aromatic heterocycles. The highest BCUT2D eigenvalue weighted by Crippen LogP contribution is 2.18. The number of rotatable bonds is 5. The Morgan fingerprint density at radius 2 is 1.93 bits per heavy atom. The second-order valence-electron chi connectivity index (χ2n) is 6.25. The Balaban J connectivity index is 1.56. The van der Waals surface area contributed by atoms with Gasteiger partial charge in [0.1, 0.15) is 5.52 Å². The van der Waals surface area contributed by atoms with Gasteiger partial charge in [0.05, 0.1) is 12.1 Å². The largest absolute Gasteiger partial charge is 0.352 e. The third-order valence-corrected chi connectivity index (χ3v) is 4.48. The summed E-state index contributed by atoms with van der Waals surface area (Å²) in [6.45, 7) is 0.347. The molecule has 0 spiro atoms. The Bertz CT molecular complexity index is 1200. The van der Waals surface area contributed by atoms with Crippen LogP contribution in [0.1, 0.15) is 11.4 Å². The molecule has 0 atom stereocenters. The van der Waals surface area contributed by atoms with E-state index >= 15 is 0 Å². The summed E-state index contributed by atoms with van der Waals surface area (Å²) in [5, 5.41) is 14.3. The minimum Gasteiger partial charge on any atom is -0.352 e. The van der Waals surface area contributed by atoms with Crippen LogP contribution in [0.4, 0.5) is 0 Å². The molecule has 28 heavy (non-hydrogen) atoms. The molecule has 4 aromatic rings. The Hall–Kier alpha value is -3.45. The number of halogens is 1. The van der Waals surface area contributed by atoms with Crippen LogP contribution in [0.25, 0.3) is 16.8 Å². The topological polar surface area (TPSA) is 92.2 Å². The van der Waals surface area contributed by atoms with E-state index in [1.165, 1.54) is 4.52 Å². The highest BCUT2D eigenvalue weighted by atomic mass is 35.5. The summed E-state index contributed by atoms with van der Waals surface area (Å²) in [6, 6.07) is 18.5. The minimum atomic E-state index is -0.363. The second kappa shape index (κ2) is 7.66. The number of nitrogens with one attached hydrogen (secondary N) is 2. The molecule has 2 N–H and O–H groups in total. The lowest BCUT2D eigenvalue weighted by atomic mass is 10.1. The third-order valence-electron chi connectivity index (χ3n) is 4.24. The molecule has 0 unspecified atom stereocenters. The minimum absolute atomic E-state index is 0.0241. The Labute approximate surface area is 165 Å². The molecule has 8 heteroatoms. The van der Waals surface area contributed by atoms with E-state index in [1.807, 2.05) is 42.5 Å². The summed E-state index contributed by atoms with van der Waals surface area (Å²) >= 11 is 5.95. The highest BCUT2D eigenvalue weighted by Gasteiger charge is 2.14. The van der Waals surface area contributed by atoms with E-state index < -0.39 is 0 Å². The first kappa shape index (κ1) is 17.9. The molecule has 0 bridgehead atoms. The SMILES string of the molecule is O=C(Cc1n[nH]c(=O)c2cc(-c3ccccc3)nn12)NCc1cccc(Cl)c1. The van der Waals surface area contributed by atoms with Gasteiger partial charge in [-0.05, 0) is 23.8 Å². The fourth-order valence-electron chi connectivity index (χ4n) is 2.88. The maximum absolute atomic E-state index is 12.4. The number of amides is 1. The summed E-state index contributed by atoms with van der Waals surface area (Å²) in [4.78, 5) is 24.5. The molecule has 140 valence electrons. The van der Waals surface area contributed by atoms with Gasteiger partial charge >= 0.3 is 0 Å². The van der Waals surface area contributed by atoms with Crippen molar-refractivity contribution in [2.45, 2.75) is 13.0 Å². The van der Waals surface area contributed by atoms with Gasteiger partial charge in [-0.15, -0.1) is 0 Å². The van der Waals surface area contributed by atoms with Gasteiger partial charge in [-0.2, -0.15) is 10.2 Å². The molecule has 0 radical (unpaired) electrons. The predicted molar refractivity (Wildman–Crippen MR) is 106 cm³/mol. The molecule has 0 aliphatic heterocycles. The normalized spacial score (nSPS) is 10.9. The first-order valence-electron chi connectivity index (χ1n) is 8.64. The number of H-pyrrole nitrogens is 1.